The molecule has 3 nitrogen and oxygen atoms in total. The molecule has 3 heteroatoms. The van der Waals surface area contributed by atoms with Crippen molar-refractivity contribution in [3.05, 3.63) is 60.2 Å². The Labute approximate surface area is 143 Å². The van der Waals surface area contributed by atoms with E-state index in [2.05, 4.69) is 60.5 Å². The van der Waals surface area contributed by atoms with Crippen molar-refractivity contribution in [2.75, 3.05) is 20.3 Å². The number of aliphatic hydroxyl groups is 1. The minimum atomic E-state index is -0.611. The molecule has 1 N–H and O–H groups in total. The Morgan fingerprint density at radius 1 is 0.958 bits per heavy atom. The van der Waals surface area contributed by atoms with E-state index in [1.165, 1.54) is 16.7 Å². The molecule has 2 fully saturated rings. The lowest BCUT2D eigenvalue weighted by Gasteiger charge is -2.50. The van der Waals surface area contributed by atoms with Crippen LogP contribution in [0.1, 0.15) is 18.4 Å². The lowest BCUT2D eigenvalue weighted by molar-refractivity contribution is -0.133. The highest BCUT2D eigenvalue weighted by molar-refractivity contribution is 5.63. The van der Waals surface area contributed by atoms with Crippen LogP contribution in [0.2, 0.25) is 0 Å². The summed E-state index contributed by atoms with van der Waals surface area (Å²) in [4.78, 5) is 2.39. The Morgan fingerprint density at radius 3 is 2.17 bits per heavy atom. The van der Waals surface area contributed by atoms with Crippen LogP contribution in [0.4, 0.5) is 0 Å². The number of nitrogens with zero attached hydrogens (tertiary/aromatic N) is 1. The lowest BCUT2D eigenvalue weighted by Crippen LogP contribution is -2.60. The molecule has 2 bridgehead atoms. The highest BCUT2D eigenvalue weighted by Crippen LogP contribution is 2.35. The van der Waals surface area contributed by atoms with E-state index in [1.54, 1.807) is 0 Å². The summed E-state index contributed by atoms with van der Waals surface area (Å²) in [6.45, 7) is 1.48. The second-order valence-electron chi connectivity index (χ2n) is 7.38. The number of piperidine rings is 1. The molecule has 2 heterocycles. The number of rotatable bonds is 3. The van der Waals surface area contributed by atoms with Gasteiger partial charge in [0.15, 0.2) is 0 Å². The average molecular weight is 323 g/mol. The zero-order chi connectivity index (χ0) is 16.6. The first-order valence-corrected chi connectivity index (χ1v) is 8.79. The quantitative estimate of drug-likeness (QED) is 0.942. The average Bonchev–Trinajstić information content (AvgIpc) is 2.58. The summed E-state index contributed by atoms with van der Waals surface area (Å²) in [5, 5.41) is 11.2. The summed E-state index contributed by atoms with van der Waals surface area (Å²) < 4.78 is 5.66. The second-order valence-corrected chi connectivity index (χ2v) is 7.38. The molecule has 0 radical (unpaired) electrons. The normalized spacial score (nSPS) is 30.2. The zero-order valence-corrected chi connectivity index (χ0v) is 14.2. The Kier molecular flexibility index (Phi) is 4.17. The molecule has 0 aromatic heterocycles. The van der Waals surface area contributed by atoms with E-state index in [0.717, 1.165) is 32.5 Å². The van der Waals surface area contributed by atoms with Crippen molar-refractivity contribution in [1.82, 2.24) is 4.90 Å². The number of ether oxygens (including phenoxy) is 1. The Balaban J connectivity index is 1.49. The van der Waals surface area contributed by atoms with E-state index in [0.29, 0.717) is 12.1 Å². The van der Waals surface area contributed by atoms with Crippen molar-refractivity contribution in [3.8, 4) is 11.1 Å². The number of hydrogen-bond acceptors (Lipinski definition) is 3. The van der Waals surface area contributed by atoms with Crippen LogP contribution in [0.15, 0.2) is 54.6 Å². The van der Waals surface area contributed by atoms with Gasteiger partial charge in [-0.1, -0.05) is 54.6 Å². The number of likely N-dealkylation sites (N-methyl/N-ethyl adjacent to an activating group) is 1. The van der Waals surface area contributed by atoms with Crippen LogP contribution in [0.3, 0.4) is 0 Å². The van der Waals surface area contributed by atoms with Crippen molar-refractivity contribution in [2.24, 2.45) is 0 Å². The molecular formula is C21H25NO2. The maximum atomic E-state index is 11.2. The fraction of sp³-hybridized carbons (Fsp3) is 0.429. The van der Waals surface area contributed by atoms with Crippen LogP contribution < -0.4 is 0 Å². The highest BCUT2D eigenvalue weighted by atomic mass is 16.5. The van der Waals surface area contributed by atoms with Gasteiger partial charge in [0.25, 0.3) is 0 Å². The lowest BCUT2D eigenvalue weighted by atomic mass is 9.78. The van der Waals surface area contributed by atoms with E-state index in [-0.39, 0.29) is 0 Å². The van der Waals surface area contributed by atoms with Crippen LogP contribution in [-0.2, 0) is 11.2 Å². The van der Waals surface area contributed by atoms with Crippen LogP contribution in [0.5, 0.6) is 0 Å². The Morgan fingerprint density at radius 2 is 1.54 bits per heavy atom. The monoisotopic (exact) mass is 323 g/mol. The highest BCUT2D eigenvalue weighted by Gasteiger charge is 2.44. The molecule has 2 unspecified atom stereocenters. The first-order chi connectivity index (χ1) is 11.6. The molecule has 0 aliphatic carbocycles. The third kappa shape index (κ3) is 3.12. The second kappa shape index (κ2) is 6.32. The maximum absolute atomic E-state index is 11.2. The Hall–Kier alpha value is -1.68. The van der Waals surface area contributed by atoms with Crippen LogP contribution >= 0.6 is 0 Å². The molecule has 2 aromatic rings. The third-order valence-corrected chi connectivity index (χ3v) is 5.60. The van der Waals surface area contributed by atoms with Crippen molar-refractivity contribution >= 4 is 0 Å². The van der Waals surface area contributed by atoms with Gasteiger partial charge in [0.2, 0.25) is 0 Å². The van der Waals surface area contributed by atoms with Gasteiger partial charge in [-0.15, -0.1) is 0 Å². The van der Waals surface area contributed by atoms with Crippen LogP contribution in [0, 0.1) is 0 Å². The van der Waals surface area contributed by atoms with Crippen molar-refractivity contribution in [2.45, 2.75) is 36.9 Å². The van der Waals surface area contributed by atoms with Gasteiger partial charge in [-0.05, 0) is 36.6 Å². The Bertz CT molecular complexity index is 669. The van der Waals surface area contributed by atoms with Crippen molar-refractivity contribution in [3.63, 3.8) is 0 Å². The number of morpholine rings is 1. The largest absolute Gasteiger partial charge is 0.389 e. The summed E-state index contributed by atoms with van der Waals surface area (Å²) in [6, 6.07) is 19.7. The molecule has 0 spiro atoms. The van der Waals surface area contributed by atoms with E-state index < -0.39 is 5.60 Å². The first kappa shape index (κ1) is 15.8. The van der Waals surface area contributed by atoms with Crippen LogP contribution in [-0.4, -0.2) is 48.0 Å². The molecule has 2 aliphatic rings. The summed E-state index contributed by atoms with van der Waals surface area (Å²) in [7, 11) is 2.16. The predicted molar refractivity (Wildman–Crippen MR) is 95.9 cm³/mol. The van der Waals surface area contributed by atoms with E-state index >= 15 is 0 Å². The number of fused-ring (bicyclic) bond motifs is 2. The van der Waals surface area contributed by atoms with Gasteiger partial charge in [0, 0.05) is 18.5 Å². The van der Waals surface area contributed by atoms with Crippen molar-refractivity contribution in [1.29, 1.82) is 0 Å². The standard InChI is InChI=1S/C21H25NO2/c1-22-19-12-21(23,13-20(22)15-24-14-19)11-16-7-9-18(10-8-16)17-5-3-2-4-6-17/h2-10,19-20,23H,11-15H2,1H3. The summed E-state index contributed by atoms with van der Waals surface area (Å²) in [5.41, 5.74) is 3.05. The maximum Gasteiger partial charge on any atom is 0.0719 e. The minimum absolute atomic E-state index is 0.339. The zero-order valence-electron chi connectivity index (χ0n) is 14.2. The molecule has 2 atom stereocenters. The molecule has 4 rings (SSSR count). The third-order valence-electron chi connectivity index (χ3n) is 5.60. The van der Waals surface area contributed by atoms with E-state index in [4.69, 9.17) is 4.74 Å². The molecular weight excluding hydrogens is 298 g/mol. The van der Waals surface area contributed by atoms with Gasteiger partial charge in [0.1, 0.15) is 0 Å². The van der Waals surface area contributed by atoms with Gasteiger partial charge in [-0.25, -0.2) is 0 Å². The molecule has 0 saturated carbocycles. The minimum Gasteiger partial charge on any atom is -0.389 e. The van der Waals surface area contributed by atoms with Gasteiger partial charge in [0.05, 0.1) is 18.8 Å². The summed E-state index contributed by atoms with van der Waals surface area (Å²) >= 11 is 0. The topological polar surface area (TPSA) is 32.7 Å². The molecule has 2 aromatic carbocycles. The molecule has 24 heavy (non-hydrogen) atoms. The van der Waals surface area contributed by atoms with Crippen LogP contribution in [0.25, 0.3) is 11.1 Å². The fourth-order valence-electron chi connectivity index (χ4n) is 4.21. The molecule has 126 valence electrons. The van der Waals surface area contributed by atoms with Gasteiger partial charge >= 0.3 is 0 Å². The van der Waals surface area contributed by atoms with E-state index in [9.17, 15) is 5.11 Å². The number of benzene rings is 2. The fourth-order valence-corrected chi connectivity index (χ4v) is 4.21. The van der Waals surface area contributed by atoms with Crippen molar-refractivity contribution < 1.29 is 9.84 Å². The molecule has 0 amide bonds. The number of hydrogen-bond donors (Lipinski definition) is 1. The predicted octanol–water partition coefficient (Wildman–Crippen LogP) is 3.12. The van der Waals surface area contributed by atoms with Gasteiger partial charge in [-0.2, -0.15) is 0 Å². The first-order valence-electron chi connectivity index (χ1n) is 8.79. The van der Waals surface area contributed by atoms with Gasteiger partial charge < -0.3 is 9.84 Å². The van der Waals surface area contributed by atoms with E-state index in [1.807, 2.05) is 6.07 Å². The summed E-state index contributed by atoms with van der Waals surface area (Å²) in [6.07, 6.45) is 2.31. The summed E-state index contributed by atoms with van der Waals surface area (Å²) in [5.74, 6) is 0. The van der Waals surface area contributed by atoms with Gasteiger partial charge in [-0.3, -0.25) is 4.90 Å². The molecule has 2 aliphatic heterocycles. The smallest absolute Gasteiger partial charge is 0.0719 e. The molecule has 2 saturated heterocycles. The SMILES string of the molecule is CN1C2COCC1CC(O)(Cc1ccc(-c3ccccc3)cc1)C2.